The zero-order valence-corrected chi connectivity index (χ0v) is 13.9. The average Bonchev–Trinajstić information content (AvgIpc) is 2.45. The maximum absolute atomic E-state index is 10.0. The van der Waals surface area contributed by atoms with Gasteiger partial charge in [-0.1, -0.05) is 24.3 Å². The number of rotatable bonds is 6. The van der Waals surface area contributed by atoms with Crippen LogP contribution in [-0.4, -0.2) is 24.4 Å². The highest BCUT2D eigenvalue weighted by Gasteiger charge is 2.09. The van der Waals surface area contributed by atoms with Gasteiger partial charge in [0.15, 0.2) is 0 Å². The molecule has 0 saturated carbocycles. The third kappa shape index (κ3) is 4.76. The highest BCUT2D eigenvalue weighted by Crippen LogP contribution is 2.27. The predicted octanol–water partition coefficient (Wildman–Crippen LogP) is 3.92. The highest BCUT2D eigenvalue weighted by atomic mass is 79.9. The molecule has 2 aromatic carbocycles. The molecule has 3 nitrogen and oxygen atoms in total. The van der Waals surface area contributed by atoms with Crippen molar-refractivity contribution in [3.63, 3.8) is 0 Å². The summed E-state index contributed by atoms with van der Waals surface area (Å²) in [6.45, 7) is 4.81. The van der Waals surface area contributed by atoms with Crippen LogP contribution in [0.4, 0.5) is 5.69 Å². The molecular formula is C17H20BrNO2. The minimum atomic E-state index is -0.571. The van der Waals surface area contributed by atoms with E-state index in [9.17, 15) is 5.11 Å². The lowest BCUT2D eigenvalue weighted by Gasteiger charge is -2.17. The van der Waals surface area contributed by atoms with E-state index in [1.165, 1.54) is 5.56 Å². The molecule has 1 unspecified atom stereocenters. The summed E-state index contributed by atoms with van der Waals surface area (Å²) >= 11 is 3.55. The third-order valence-corrected chi connectivity index (χ3v) is 3.76. The van der Waals surface area contributed by atoms with Gasteiger partial charge in [0.2, 0.25) is 0 Å². The lowest BCUT2D eigenvalue weighted by Crippen LogP contribution is -2.26. The number of para-hydroxylation sites is 1. The summed E-state index contributed by atoms with van der Waals surface area (Å²) in [5.74, 6) is 0.768. The van der Waals surface area contributed by atoms with Crippen molar-refractivity contribution in [3.05, 3.63) is 58.1 Å². The molecule has 112 valence electrons. The minimum absolute atomic E-state index is 0.263. The Morgan fingerprint density at radius 3 is 2.57 bits per heavy atom. The molecule has 2 rings (SSSR count). The summed E-state index contributed by atoms with van der Waals surface area (Å²) in [7, 11) is 0. The quantitative estimate of drug-likeness (QED) is 0.830. The Morgan fingerprint density at radius 1 is 1.19 bits per heavy atom. The molecule has 0 aliphatic carbocycles. The molecule has 4 heteroatoms. The van der Waals surface area contributed by atoms with Gasteiger partial charge >= 0.3 is 0 Å². The molecule has 0 spiro atoms. The summed E-state index contributed by atoms with van der Waals surface area (Å²) in [6, 6.07) is 13.7. The average molecular weight is 350 g/mol. The Labute approximate surface area is 134 Å². The smallest absolute Gasteiger partial charge is 0.119 e. The van der Waals surface area contributed by atoms with E-state index < -0.39 is 6.10 Å². The molecule has 0 saturated heterocycles. The lowest BCUT2D eigenvalue weighted by molar-refractivity contribution is 0.117. The highest BCUT2D eigenvalue weighted by molar-refractivity contribution is 9.10. The number of aliphatic hydroxyl groups excluding tert-OH is 1. The summed E-state index contributed by atoms with van der Waals surface area (Å²) in [5, 5.41) is 13.3. The molecule has 0 fully saturated rings. The van der Waals surface area contributed by atoms with Gasteiger partial charge in [-0.15, -0.1) is 0 Å². The largest absolute Gasteiger partial charge is 0.491 e. The molecule has 0 aliphatic rings. The standard InChI is InChI=1S/C17H20BrNO2/c1-12-8-13(2)17(16(18)9-12)19-10-14(20)11-21-15-6-4-3-5-7-15/h3-9,14,19-20H,10-11H2,1-2H3. The second kappa shape index (κ2) is 7.48. The van der Waals surface area contributed by atoms with Gasteiger partial charge in [0, 0.05) is 11.0 Å². The molecule has 0 heterocycles. The Hall–Kier alpha value is -1.52. The van der Waals surface area contributed by atoms with E-state index in [-0.39, 0.29) is 6.61 Å². The SMILES string of the molecule is Cc1cc(C)c(NCC(O)COc2ccccc2)c(Br)c1. The number of hydrogen-bond donors (Lipinski definition) is 2. The van der Waals surface area contributed by atoms with Crippen molar-refractivity contribution in [2.45, 2.75) is 20.0 Å². The fourth-order valence-electron chi connectivity index (χ4n) is 2.13. The predicted molar refractivity (Wildman–Crippen MR) is 90.0 cm³/mol. The van der Waals surface area contributed by atoms with E-state index in [0.717, 1.165) is 21.5 Å². The summed E-state index contributed by atoms with van der Waals surface area (Å²) < 4.78 is 6.54. The number of hydrogen-bond acceptors (Lipinski definition) is 3. The molecule has 0 aliphatic heterocycles. The number of aliphatic hydroxyl groups is 1. The van der Waals surface area contributed by atoms with Crippen molar-refractivity contribution in [2.24, 2.45) is 0 Å². The van der Waals surface area contributed by atoms with Crippen LogP contribution in [-0.2, 0) is 0 Å². The molecule has 2 aromatic rings. The van der Waals surface area contributed by atoms with Crippen LogP contribution in [0.2, 0.25) is 0 Å². The van der Waals surface area contributed by atoms with Crippen LogP contribution >= 0.6 is 15.9 Å². The van der Waals surface area contributed by atoms with Crippen molar-refractivity contribution >= 4 is 21.6 Å². The summed E-state index contributed by atoms with van der Waals surface area (Å²) in [5.41, 5.74) is 3.37. The second-order valence-electron chi connectivity index (χ2n) is 5.10. The number of halogens is 1. The van der Waals surface area contributed by atoms with Gasteiger partial charge in [-0.25, -0.2) is 0 Å². The molecule has 0 radical (unpaired) electrons. The molecule has 0 aromatic heterocycles. The van der Waals surface area contributed by atoms with Crippen LogP contribution in [0.15, 0.2) is 46.9 Å². The number of aryl methyl sites for hydroxylation is 2. The number of ether oxygens (including phenoxy) is 1. The van der Waals surface area contributed by atoms with E-state index in [0.29, 0.717) is 6.54 Å². The molecule has 2 N–H and O–H groups in total. The van der Waals surface area contributed by atoms with Gasteiger partial charge in [-0.2, -0.15) is 0 Å². The minimum Gasteiger partial charge on any atom is -0.491 e. The molecular weight excluding hydrogens is 330 g/mol. The fourth-order valence-corrected chi connectivity index (χ4v) is 2.94. The number of anilines is 1. The van der Waals surface area contributed by atoms with Crippen LogP contribution in [0.3, 0.4) is 0 Å². The maximum atomic E-state index is 10.0. The Kier molecular flexibility index (Phi) is 5.65. The van der Waals surface area contributed by atoms with Crippen LogP contribution in [0.1, 0.15) is 11.1 Å². The van der Waals surface area contributed by atoms with Gasteiger partial charge in [-0.3, -0.25) is 0 Å². The second-order valence-corrected chi connectivity index (χ2v) is 5.95. The zero-order valence-electron chi connectivity index (χ0n) is 12.3. The third-order valence-electron chi connectivity index (χ3n) is 3.13. The van der Waals surface area contributed by atoms with E-state index in [2.05, 4.69) is 40.3 Å². The first kappa shape index (κ1) is 15.9. The molecule has 0 amide bonds. The van der Waals surface area contributed by atoms with Crippen molar-refractivity contribution in [1.82, 2.24) is 0 Å². The zero-order chi connectivity index (χ0) is 15.2. The topological polar surface area (TPSA) is 41.5 Å². The van der Waals surface area contributed by atoms with Crippen LogP contribution in [0.25, 0.3) is 0 Å². The van der Waals surface area contributed by atoms with Crippen LogP contribution in [0, 0.1) is 13.8 Å². The maximum Gasteiger partial charge on any atom is 0.119 e. The molecule has 21 heavy (non-hydrogen) atoms. The van der Waals surface area contributed by atoms with Gasteiger partial charge in [0.1, 0.15) is 18.5 Å². The van der Waals surface area contributed by atoms with Crippen molar-refractivity contribution in [2.75, 3.05) is 18.5 Å². The number of benzene rings is 2. The first-order chi connectivity index (χ1) is 10.1. The van der Waals surface area contributed by atoms with Gasteiger partial charge in [0.25, 0.3) is 0 Å². The van der Waals surface area contributed by atoms with Crippen molar-refractivity contribution < 1.29 is 9.84 Å². The Balaban J connectivity index is 1.85. The normalized spacial score (nSPS) is 12.0. The van der Waals surface area contributed by atoms with E-state index in [4.69, 9.17) is 4.74 Å². The van der Waals surface area contributed by atoms with Gasteiger partial charge in [0.05, 0.1) is 5.69 Å². The summed E-state index contributed by atoms with van der Waals surface area (Å²) in [6.07, 6.45) is -0.571. The van der Waals surface area contributed by atoms with E-state index in [1.807, 2.05) is 37.3 Å². The van der Waals surface area contributed by atoms with E-state index >= 15 is 0 Å². The van der Waals surface area contributed by atoms with Gasteiger partial charge in [-0.05, 0) is 59.1 Å². The lowest BCUT2D eigenvalue weighted by atomic mass is 10.1. The molecule has 1 atom stereocenters. The monoisotopic (exact) mass is 349 g/mol. The first-order valence-corrected chi connectivity index (χ1v) is 7.72. The van der Waals surface area contributed by atoms with E-state index in [1.54, 1.807) is 0 Å². The number of nitrogens with one attached hydrogen (secondary N) is 1. The van der Waals surface area contributed by atoms with Gasteiger partial charge < -0.3 is 15.2 Å². The van der Waals surface area contributed by atoms with Crippen LogP contribution in [0.5, 0.6) is 5.75 Å². The summed E-state index contributed by atoms with van der Waals surface area (Å²) in [4.78, 5) is 0. The van der Waals surface area contributed by atoms with Crippen molar-refractivity contribution in [1.29, 1.82) is 0 Å². The Bertz CT molecular complexity index is 564. The Morgan fingerprint density at radius 2 is 1.90 bits per heavy atom. The first-order valence-electron chi connectivity index (χ1n) is 6.93. The fraction of sp³-hybridized carbons (Fsp3) is 0.294. The van der Waals surface area contributed by atoms with Crippen LogP contribution < -0.4 is 10.1 Å². The molecule has 0 bridgehead atoms. The van der Waals surface area contributed by atoms with Crippen molar-refractivity contribution in [3.8, 4) is 5.75 Å².